The van der Waals surface area contributed by atoms with E-state index in [1.165, 1.54) is 205 Å². The van der Waals surface area contributed by atoms with Gasteiger partial charge in [-0.1, -0.05) is 384 Å². The lowest BCUT2D eigenvalue weighted by Gasteiger charge is -2.28. The molecule has 0 aromatic rings. The van der Waals surface area contributed by atoms with Gasteiger partial charge in [-0.05, 0) is 122 Å². The first kappa shape index (κ1) is 97.6. The summed E-state index contributed by atoms with van der Waals surface area (Å²) in [4.78, 5) is 38.2. The van der Waals surface area contributed by atoms with Crippen LogP contribution in [0.25, 0.3) is 0 Å². The molecule has 0 radical (unpaired) electrons. The molecule has 0 aliphatic heterocycles. The Morgan fingerprint density at radius 1 is 0.304 bits per heavy atom. The highest BCUT2D eigenvalue weighted by Gasteiger charge is 2.22. The van der Waals surface area contributed by atoms with Gasteiger partial charge in [-0.25, -0.2) is 0 Å². The van der Waals surface area contributed by atoms with E-state index in [0.29, 0.717) is 17.4 Å². The number of esters is 2. The molecule has 584 valence electrons. The van der Waals surface area contributed by atoms with Gasteiger partial charge in [0.1, 0.15) is 19.8 Å². The molecule has 0 saturated heterocycles. The molecule has 2 unspecified atom stereocenters. The number of unbranched alkanes of at least 4 members (excludes halogenated alkanes) is 37. The van der Waals surface area contributed by atoms with Gasteiger partial charge >= 0.3 is 11.9 Å². The van der Waals surface area contributed by atoms with Crippen molar-refractivity contribution in [3.8, 4) is 0 Å². The Balaban J connectivity index is 3.94. The Morgan fingerprint density at radius 2 is 0.529 bits per heavy atom. The number of phosphoric ester groups is 1. The standard InChI is InChI=1S/C92H158NO8P/c1-6-8-10-12-14-16-18-20-22-24-26-28-30-32-34-36-38-40-42-44-45-46-47-49-50-52-54-56-58-60-62-64-66-68-70-72-74-76-78-80-82-84-91(94)98-88-90(89-100-102(96,97)99-87-86-93(3,4)5)101-92(95)85-83-81-79-77-75-73-71-69-67-65-63-61-59-57-55-53-51-48-43-41-39-37-35-33-31-29-27-25-23-21-19-17-15-13-11-9-7-2/h8-11,14-17,20-23,26-29,32-35,38-41,48,51,90H,6-7,12-13,18-19,24-25,30-31,36-37,42-47,49-50,52-89H2,1-5H3/b10-8-,11-9-,16-14-,17-15-,22-20-,23-21-,28-26-,29-27-,34-32-,35-33-,40-38-,41-39-,51-48-. The molecule has 0 saturated carbocycles. The van der Waals surface area contributed by atoms with Crippen LogP contribution in [0, 0.1) is 0 Å². The monoisotopic (exact) mass is 1440 g/mol. The predicted octanol–water partition coefficient (Wildman–Crippen LogP) is 28.0. The average Bonchev–Trinajstić information content (AvgIpc) is 0.913. The largest absolute Gasteiger partial charge is 0.756 e. The van der Waals surface area contributed by atoms with Crippen LogP contribution in [-0.2, 0) is 32.7 Å². The van der Waals surface area contributed by atoms with Gasteiger partial charge in [0.05, 0.1) is 27.7 Å². The van der Waals surface area contributed by atoms with Crippen LogP contribution in [-0.4, -0.2) is 70.0 Å². The zero-order valence-corrected chi connectivity index (χ0v) is 67.7. The van der Waals surface area contributed by atoms with Crippen molar-refractivity contribution >= 4 is 19.8 Å². The molecule has 0 rings (SSSR count). The third kappa shape index (κ3) is 84.6. The summed E-state index contributed by atoms with van der Waals surface area (Å²) in [6, 6.07) is 0. The molecule has 0 fully saturated rings. The van der Waals surface area contributed by atoms with Crippen LogP contribution in [0.15, 0.2) is 158 Å². The molecule has 10 heteroatoms. The maximum Gasteiger partial charge on any atom is 0.306 e. The van der Waals surface area contributed by atoms with Crippen molar-refractivity contribution in [2.24, 2.45) is 0 Å². The molecule has 0 aliphatic rings. The van der Waals surface area contributed by atoms with Gasteiger partial charge in [0.15, 0.2) is 6.10 Å². The molecule has 0 aliphatic carbocycles. The fraction of sp³-hybridized carbons (Fsp3) is 0.696. The van der Waals surface area contributed by atoms with E-state index in [-0.39, 0.29) is 32.0 Å². The van der Waals surface area contributed by atoms with Crippen molar-refractivity contribution in [2.75, 3.05) is 47.5 Å². The number of ether oxygens (including phenoxy) is 2. The summed E-state index contributed by atoms with van der Waals surface area (Å²) in [7, 11) is 1.17. The molecule has 0 aromatic heterocycles. The number of nitrogens with zero attached hydrogens (tertiary/aromatic N) is 1. The second-order valence-electron chi connectivity index (χ2n) is 29.1. The lowest BCUT2D eigenvalue weighted by Crippen LogP contribution is -2.37. The van der Waals surface area contributed by atoms with E-state index in [9.17, 15) is 19.0 Å². The third-order valence-corrected chi connectivity index (χ3v) is 19.0. The summed E-state index contributed by atoms with van der Waals surface area (Å²) in [5.41, 5.74) is 0. The normalized spacial score (nSPS) is 13.8. The highest BCUT2D eigenvalue weighted by molar-refractivity contribution is 7.45. The van der Waals surface area contributed by atoms with E-state index in [1.54, 1.807) is 0 Å². The molecule has 102 heavy (non-hydrogen) atoms. The SMILES string of the molecule is CC/C=C\C/C=C\C/C=C\C/C=C\C/C=C\C/C=C\C/C=C\CCCCCCCCCCCCCCCCCC(=O)OC(COC(=O)CCCCCCCCCCCCCCCCCCCCCCCC/C=C\C/C=C\C/C=C\C/C=C\C/C=C\C/C=C\CC)COP(=O)([O-])OCC[N+](C)(C)C. The first-order chi connectivity index (χ1) is 50.0. The van der Waals surface area contributed by atoms with Gasteiger partial charge in [-0.2, -0.15) is 0 Å². The predicted molar refractivity (Wildman–Crippen MR) is 443 cm³/mol. The number of allylic oxidation sites excluding steroid dienone is 26. The van der Waals surface area contributed by atoms with Crippen LogP contribution in [0.1, 0.15) is 361 Å². The van der Waals surface area contributed by atoms with E-state index in [4.69, 9.17) is 18.5 Å². The second kappa shape index (κ2) is 80.7. The fourth-order valence-corrected chi connectivity index (χ4v) is 12.4. The van der Waals surface area contributed by atoms with E-state index in [0.717, 1.165) is 122 Å². The minimum Gasteiger partial charge on any atom is -0.756 e. The van der Waals surface area contributed by atoms with Gasteiger partial charge < -0.3 is 27.9 Å². The number of hydrogen-bond donors (Lipinski definition) is 0. The van der Waals surface area contributed by atoms with Gasteiger partial charge in [0.2, 0.25) is 0 Å². The number of quaternary nitrogens is 1. The smallest absolute Gasteiger partial charge is 0.306 e. The lowest BCUT2D eigenvalue weighted by molar-refractivity contribution is -0.870. The first-order valence-corrected chi connectivity index (χ1v) is 43.7. The van der Waals surface area contributed by atoms with Crippen LogP contribution < -0.4 is 4.89 Å². The van der Waals surface area contributed by atoms with Crippen molar-refractivity contribution in [3.63, 3.8) is 0 Å². The van der Waals surface area contributed by atoms with Crippen molar-refractivity contribution in [3.05, 3.63) is 158 Å². The molecule has 0 amide bonds. The summed E-state index contributed by atoms with van der Waals surface area (Å²) in [5.74, 6) is -0.824. The third-order valence-electron chi connectivity index (χ3n) is 18.0. The molecule has 9 nitrogen and oxygen atoms in total. The molecule has 0 spiro atoms. The Bertz CT molecular complexity index is 2290. The summed E-state index contributed by atoms with van der Waals surface area (Å²) in [6.45, 7) is 4.04. The minimum atomic E-state index is -4.65. The zero-order chi connectivity index (χ0) is 74.0. The maximum atomic E-state index is 12.9. The van der Waals surface area contributed by atoms with Crippen LogP contribution in [0.3, 0.4) is 0 Å². The molecule has 2 atom stereocenters. The molecule has 0 heterocycles. The molecule has 0 bridgehead atoms. The minimum absolute atomic E-state index is 0.0341. The summed E-state index contributed by atoms with van der Waals surface area (Å²) in [6.07, 6.45) is 121. The Morgan fingerprint density at radius 3 is 0.784 bits per heavy atom. The van der Waals surface area contributed by atoms with E-state index < -0.39 is 26.5 Å². The number of carbonyl (C=O) groups is 2. The van der Waals surface area contributed by atoms with Crippen LogP contribution in [0.4, 0.5) is 0 Å². The lowest BCUT2D eigenvalue weighted by atomic mass is 10.0. The van der Waals surface area contributed by atoms with Crippen molar-refractivity contribution in [1.29, 1.82) is 0 Å². The highest BCUT2D eigenvalue weighted by atomic mass is 31.2. The Labute approximate surface area is 630 Å². The number of carbonyl (C=O) groups excluding carboxylic acids is 2. The topological polar surface area (TPSA) is 111 Å². The zero-order valence-electron chi connectivity index (χ0n) is 66.8. The molecular weight excluding hydrogens is 1280 g/mol. The summed E-state index contributed by atoms with van der Waals surface area (Å²) in [5, 5.41) is 0. The summed E-state index contributed by atoms with van der Waals surface area (Å²) >= 11 is 0. The number of phosphoric acid groups is 1. The average molecular weight is 1440 g/mol. The van der Waals surface area contributed by atoms with Gasteiger partial charge in [0.25, 0.3) is 7.82 Å². The fourth-order valence-electron chi connectivity index (χ4n) is 11.7. The number of likely N-dealkylation sites (N-methyl/N-ethyl adjacent to an activating group) is 1. The Hall–Kier alpha value is -4.37. The highest BCUT2D eigenvalue weighted by Crippen LogP contribution is 2.38. The van der Waals surface area contributed by atoms with E-state index in [1.807, 2.05) is 21.1 Å². The van der Waals surface area contributed by atoms with E-state index >= 15 is 0 Å². The second-order valence-corrected chi connectivity index (χ2v) is 30.5. The van der Waals surface area contributed by atoms with E-state index in [2.05, 4.69) is 172 Å². The maximum absolute atomic E-state index is 12.9. The summed E-state index contributed by atoms with van der Waals surface area (Å²) < 4.78 is 34.5. The van der Waals surface area contributed by atoms with Crippen LogP contribution in [0.2, 0.25) is 0 Å². The molecule has 0 N–H and O–H groups in total. The number of rotatable bonds is 77. The quantitative estimate of drug-likeness (QED) is 0.0195. The Kier molecular flexibility index (Phi) is 77.3. The molecular formula is C92H158NO8P. The first-order valence-electron chi connectivity index (χ1n) is 42.2. The van der Waals surface area contributed by atoms with Crippen molar-refractivity contribution in [1.82, 2.24) is 0 Å². The van der Waals surface area contributed by atoms with Gasteiger partial charge in [-0.15, -0.1) is 0 Å². The number of hydrogen-bond acceptors (Lipinski definition) is 8. The van der Waals surface area contributed by atoms with Crippen molar-refractivity contribution < 1.29 is 42.1 Å². The van der Waals surface area contributed by atoms with Crippen molar-refractivity contribution in [2.45, 2.75) is 367 Å². The van der Waals surface area contributed by atoms with Gasteiger partial charge in [0, 0.05) is 12.8 Å². The van der Waals surface area contributed by atoms with Gasteiger partial charge in [-0.3, -0.25) is 14.2 Å². The van der Waals surface area contributed by atoms with Crippen LogP contribution >= 0.6 is 7.82 Å². The van der Waals surface area contributed by atoms with Crippen LogP contribution in [0.5, 0.6) is 0 Å². The molecule has 0 aromatic carbocycles.